The lowest BCUT2D eigenvalue weighted by molar-refractivity contribution is 0.129. The third-order valence-corrected chi connectivity index (χ3v) is 5.69. The van der Waals surface area contributed by atoms with Crippen LogP contribution in [-0.4, -0.2) is 28.0 Å². The Bertz CT molecular complexity index is 1020. The minimum absolute atomic E-state index is 0.0300. The molecule has 0 radical (unpaired) electrons. The van der Waals surface area contributed by atoms with Gasteiger partial charge >= 0.3 is 0 Å². The molecular weight excluding hydrogens is 375 g/mol. The van der Waals surface area contributed by atoms with Gasteiger partial charge in [0.15, 0.2) is 5.16 Å². The SMILES string of the molecule is O=c1c2ccccc2nc(SC[C@H]2CCCO2)n1-c1ccc(F)c(Cl)c1. The number of thioether (sulfide) groups is 1. The maximum atomic E-state index is 13.6. The molecule has 1 atom stereocenters. The van der Waals surface area contributed by atoms with Crippen molar-refractivity contribution in [2.24, 2.45) is 0 Å². The van der Waals surface area contributed by atoms with Crippen LogP contribution >= 0.6 is 23.4 Å². The molecule has 1 aliphatic heterocycles. The second-order valence-electron chi connectivity index (χ2n) is 6.10. The molecule has 0 amide bonds. The van der Waals surface area contributed by atoms with Crippen LogP contribution in [0.3, 0.4) is 0 Å². The Kier molecular flexibility index (Phi) is 4.98. The molecule has 0 unspecified atom stereocenters. The van der Waals surface area contributed by atoms with Crippen molar-refractivity contribution < 1.29 is 9.13 Å². The van der Waals surface area contributed by atoms with Crippen LogP contribution in [0, 0.1) is 5.82 Å². The van der Waals surface area contributed by atoms with Gasteiger partial charge in [-0.25, -0.2) is 9.37 Å². The molecule has 0 aliphatic carbocycles. The summed E-state index contributed by atoms with van der Waals surface area (Å²) in [7, 11) is 0. The van der Waals surface area contributed by atoms with Crippen LogP contribution in [0.4, 0.5) is 4.39 Å². The van der Waals surface area contributed by atoms with Crippen LogP contribution in [0.15, 0.2) is 52.4 Å². The molecule has 0 saturated carbocycles. The molecule has 7 heteroatoms. The van der Waals surface area contributed by atoms with Gasteiger partial charge in [0.2, 0.25) is 0 Å². The van der Waals surface area contributed by atoms with Crippen molar-refractivity contribution in [1.29, 1.82) is 0 Å². The van der Waals surface area contributed by atoms with Crippen molar-refractivity contribution in [3.63, 3.8) is 0 Å². The molecule has 3 aromatic rings. The highest BCUT2D eigenvalue weighted by Crippen LogP contribution is 2.26. The van der Waals surface area contributed by atoms with Crippen molar-refractivity contribution in [1.82, 2.24) is 9.55 Å². The number of rotatable bonds is 4. The van der Waals surface area contributed by atoms with E-state index in [1.54, 1.807) is 12.1 Å². The molecular formula is C19H16ClFN2O2S. The zero-order chi connectivity index (χ0) is 18.1. The zero-order valence-corrected chi connectivity index (χ0v) is 15.4. The number of ether oxygens (including phenoxy) is 1. The molecule has 0 bridgehead atoms. The first-order valence-corrected chi connectivity index (χ1v) is 9.71. The topological polar surface area (TPSA) is 44.1 Å². The summed E-state index contributed by atoms with van der Waals surface area (Å²) in [6.07, 6.45) is 2.22. The summed E-state index contributed by atoms with van der Waals surface area (Å²) in [6, 6.07) is 11.4. The second kappa shape index (κ2) is 7.39. The van der Waals surface area contributed by atoms with E-state index in [0.717, 1.165) is 19.4 Å². The van der Waals surface area contributed by atoms with Crippen LogP contribution in [0.25, 0.3) is 16.6 Å². The minimum atomic E-state index is -0.522. The van der Waals surface area contributed by atoms with Crippen molar-refractivity contribution in [2.75, 3.05) is 12.4 Å². The van der Waals surface area contributed by atoms with Crippen molar-refractivity contribution >= 4 is 34.3 Å². The first kappa shape index (κ1) is 17.5. The summed E-state index contributed by atoms with van der Waals surface area (Å²) in [5, 5.41) is 1.03. The first-order chi connectivity index (χ1) is 12.6. The summed E-state index contributed by atoms with van der Waals surface area (Å²) < 4.78 is 20.7. The molecule has 1 aromatic heterocycles. The van der Waals surface area contributed by atoms with Gasteiger partial charge in [0, 0.05) is 12.4 Å². The fourth-order valence-corrected chi connectivity index (χ4v) is 4.26. The Labute approximate surface area is 159 Å². The normalized spacial score (nSPS) is 17.1. The standard InChI is InChI=1S/C19H16ClFN2O2S/c20-15-10-12(7-8-16(15)21)23-18(24)14-5-1-2-6-17(14)22-19(23)26-11-13-4-3-9-25-13/h1-2,5-8,10,13H,3-4,9,11H2/t13-/m1/s1. The maximum absolute atomic E-state index is 13.6. The van der Waals surface area contributed by atoms with Crippen LogP contribution in [0.1, 0.15) is 12.8 Å². The molecule has 1 saturated heterocycles. The molecule has 0 spiro atoms. The average molecular weight is 391 g/mol. The lowest BCUT2D eigenvalue weighted by atomic mass is 10.2. The van der Waals surface area contributed by atoms with E-state index in [2.05, 4.69) is 4.98 Å². The van der Waals surface area contributed by atoms with E-state index in [9.17, 15) is 9.18 Å². The molecule has 2 heterocycles. The predicted octanol–water partition coefficient (Wildman–Crippen LogP) is 4.45. The number of halogens is 2. The highest BCUT2D eigenvalue weighted by Gasteiger charge is 2.19. The zero-order valence-electron chi connectivity index (χ0n) is 13.8. The largest absolute Gasteiger partial charge is 0.377 e. The van der Waals surface area contributed by atoms with Crippen LogP contribution in [-0.2, 0) is 4.74 Å². The van der Waals surface area contributed by atoms with E-state index in [1.165, 1.54) is 34.5 Å². The van der Waals surface area contributed by atoms with E-state index in [1.807, 2.05) is 12.1 Å². The summed E-state index contributed by atoms with van der Waals surface area (Å²) in [4.78, 5) is 17.7. The Balaban J connectivity index is 1.84. The minimum Gasteiger partial charge on any atom is -0.377 e. The maximum Gasteiger partial charge on any atom is 0.266 e. The van der Waals surface area contributed by atoms with E-state index < -0.39 is 5.82 Å². The van der Waals surface area contributed by atoms with Gasteiger partial charge in [-0.05, 0) is 43.2 Å². The van der Waals surface area contributed by atoms with Gasteiger partial charge < -0.3 is 4.74 Å². The summed E-state index contributed by atoms with van der Waals surface area (Å²) >= 11 is 7.40. The number of benzene rings is 2. The molecule has 4 nitrogen and oxygen atoms in total. The highest BCUT2D eigenvalue weighted by molar-refractivity contribution is 7.99. The van der Waals surface area contributed by atoms with Gasteiger partial charge in [-0.1, -0.05) is 35.5 Å². The number of para-hydroxylation sites is 1. The lowest BCUT2D eigenvalue weighted by Gasteiger charge is -2.15. The number of hydrogen-bond donors (Lipinski definition) is 0. The highest BCUT2D eigenvalue weighted by atomic mass is 35.5. The van der Waals surface area contributed by atoms with Gasteiger partial charge in [0.1, 0.15) is 5.82 Å². The number of fused-ring (bicyclic) bond motifs is 1. The lowest BCUT2D eigenvalue weighted by Crippen LogP contribution is -2.22. The fraction of sp³-hybridized carbons (Fsp3) is 0.263. The summed E-state index contributed by atoms with van der Waals surface area (Å²) in [6.45, 7) is 0.775. The first-order valence-electron chi connectivity index (χ1n) is 8.35. The molecule has 2 aromatic carbocycles. The van der Waals surface area contributed by atoms with Crippen molar-refractivity contribution in [2.45, 2.75) is 24.1 Å². The number of aromatic nitrogens is 2. The van der Waals surface area contributed by atoms with Gasteiger partial charge in [-0.2, -0.15) is 0 Å². The summed E-state index contributed by atoms with van der Waals surface area (Å²) in [5.74, 6) is 0.186. The third-order valence-electron chi connectivity index (χ3n) is 4.33. The van der Waals surface area contributed by atoms with Gasteiger partial charge in [-0.3, -0.25) is 9.36 Å². The van der Waals surface area contributed by atoms with E-state index in [-0.39, 0.29) is 16.7 Å². The van der Waals surface area contributed by atoms with Gasteiger partial charge in [-0.15, -0.1) is 0 Å². The Morgan fingerprint density at radius 3 is 2.92 bits per heavy atom. The predicted molar refractivity (Wildman–Crippen MR) is 102 cm³/mol. The Morgan fingerprint density at radius 2 is 2.15 bits per heavy atom. The van der Waals surface area contributed by atoms with Crippen LogP contribution in [0.5, 0.6) is 0 Å². The molecule has 134 valence electrons. The molecule has 26 heavy (non-hydrogen) atoms. The molecule has 0 N–H and O–H groups in total. The molecule has 1 fully saturated rings. The monoisotopic (exact) mass is 390 g/mol. The van der Waals surface area contributed by atoms with E-state index >= 15 is 0 Å². The smallest absolute Gasteiger partial charge is 0.266 e. The van der Waals surface area contributed by atoms with E-state index in [0.29, 0.717) is 27.5 Å². The average Bonchev–Trinajstić information content (AvgIpc) is 3.16. The number of nitrogens with zero attached hydrogens (tertiary/aromatic N) is 2. The van der Waals surface area contributed by atoms with Gasteiger partial charge in [0.25, 0.3) is 5.56 Å². The fourth-order valence-electron chi connectivity index (χ4n) is 3.00. The molecule has 4 rings (SSSR count). The third kappa shape index (κ3) is 3.37. The Morgan fingerprint density at radius 1 is 1.31 bits per heavy atom. The summed E-state index contributed by atoms with van der Waals surface area (Å²) in [5.41, 5.74) is 0.930. The van der Waals surface area contributed by atoms with Crippen molar-refractivity contribution in [3.8, 4) is 5.69 Å². The van der Waals surface area contributed by atoms with Gasteiger partial charge in [0.05, 0.1) is 27.7 Å². The van der Waals surface area contributed by atoms with Crippen molar-refractivity contribution in [3.05, 3.63) is 63.7 Å². The second-order valence-corrected chi connectivity index (χ2v) is 7.49. The van der Waals surface area contributed by atoms with Crippen LogP contribution < -0.4 is 5.56 Å². The molecule has 1 aliphatic rings. The van der Waals surface area contributed by atoms with Crippen LogP contribution in [0.2, 0.25) is 5.02 Å². The Hall–Kier alpha value is -1.89. The van der Waals surface area contributed by atoms with E-state index in [4.69, 9.17) is 16.3 Å². The quantitative estimate of drug-likeness (QED) is 0.487. The number of hydrogen-bond acceptors (Lipinski definition) is 4.